The summed E-state index contributed by atoms with van der Waals surface area (Å²) in [6, 6.07) is 5.48. The Bertz CT molecular complexity index is 408. The second-order valence-corrected chi connectivity index (χ2v) is 6.33. The SMILES string of the molecule is O=[N+]([O-])c1ccc(CP(=O)(Cl)OCl)cc1. The topological polar surface area (TPSA) is 69.4 Å². The van der Waals surface area contributed by atoms with Crippen LogP contribution in [0.25, 0.3) is 0 Å². The van der Waals surface area contributed by atoms with Gasteiger partial charge in [-0.15, -0.1) is 0 Å². The third kappa shape index (κ3) is 3.80. The number of halogens is 2. The third-order valence-electron chi connectivity index (χ3n) is 1.62. The molecule has 8 heteroatoms. The van der Waals surface area contributed by atoms with E-state index >= 15 is 0 Å². The van der Waals surface area contributed by atoms with Gasteiger partial charge in [-0.3, -0.25) is 14.7 Å². The Morgan fingerprint density at radius 1 is 1.40 bits per heavy atom. The fourth-order valence-corrected chi connectivity index (χ4v) is 2.22. The van der Waals surface area contributed by atoms with E-state index in [-0.39, 0.29) is 11.8 Å². The Hall–Kier alpha value is -0.610. The quantitative estimate of drug-likeness (QED) is 0.475. The lowest BCUT2D eigenvalue weighted by atomic mass is 10.2. The molecular weight excluding hydrogens is 264 g/mol. The molecule has 82 valence electrons. The van der Waals surface area contributed by atoms with Gasteiger partial charge in [0.2, 0.25) is 0 Å². The zero-order chi connectivity index (χ0) is 11.5. The van der Waals surface area contributed by atoms with E-state index in [2.05, 4.69) is 4.08 Å². The molecule has 0 amide bonds. The van der Waals surface area contributed by atoms with Crippen molar-refractivity contribution in [3.63, 3.8) is 0 Å². The first-order chi connectivity index (χ1) is 6.94. The van der Waals surface area contributed by atoms with E-state index in [0.29, 0.717) is 5.56 Å². The molecular formula is C7H6Cl2NO4P. The summed E-state index contributed by atoms with van der Waals surface area (Å²) in [6.07, 6.45) is -0.0734. The second-order valence-electron chi connectivity index (χ2n) is 2.74. The number of hydrogen-bond acceptors (Lipinski definition) is 4. The van der Waals surface area contributed by atoms with Gasteiger partial charge in [-0.25, -0.2) is 4.08 Å². The van der Waals surface area contributed by atoms with Crippen LogP contribution in [0.15, 0.2) is 24.3 Å². The third-order valence-corrected chi connectivity index (χ3v) is 4.02. The van der Waals surface area contributed by atoms with Crippen LogP contribution in [0.2, 0.25) is 0 Å². The number of hydrogen-bond donors (Lipinski definition) is 0. The van der Waals surface area contributed by atoms with E-state index in [1.807, 2.05) is 0 Å². The molecule has 0 N–H and O–H groups in total. The van der Waals surface area contributed by atoms with Gasteiger partial charge < -0.3 is 0 Å². The predicted molar refractivity (Wildman–Crippen MR) is 57.2 cm³/mol. The second kappa shape index (κ2) is 4.94. The average Bonchev–Trinajstić information content (AvgIpc) is 2.18. The molecule has 0 spiro atoms. The van der Waals surface area contributed by atoms with Crippen LogP contribution in [0.4, 0.5) is 5.69 Å². The summed E-state index contributed by atoms with van der Waals surface area (Å²) in [5, 5.41) is 10.3. The number of benzene rings is 1. The van der Waals surface area contributed by atoms with E-state index in [9.17, 15) is 14.7 Å². The predicted octanol–water partition coefficient (Wildman–Crippen LogP) is 3.70. The molecule has 0 aliphatic rings. The van der Waals surface area contributed by atoms with Crippen molar-refractivity contribution in [2.75, 3.05) is 0 Å². The van der Waals surface area contributed by atoms with Crippen molar-refractivity contribution in [1.82, 2.24) is 0 Å². The zero-order valence-electron chi connectivity index (χ0n) is 7.30. The van der Waals surface area contributed by atoms with Crippen LogP contribution in [-0.2, 0) is 14.8 Å². The first kappa shape index (κ1) is 12.5. The van der Waals surface area contributed by atoms with Crippen LogP contribution in [0.3, 0.4) is 0 Å². The van der Waals surface area contributed by atoms with Gasteiger partial charge in [0.15, 0.2) is 0 Å². The molecule has 0 saturated heterocycles. The van der Waals surface area contributed by atoms with Crippen LogP contribution in [0, 0.1) is 10.1 Å². The van der Waals surface area contributed by atoms with E-state index in [4.69, 9.17) is 23.1 Å². The van der Waals surface area contributed by atoms with Crippen LogP contribution in [-0.4, -0.2) is 4.92 Å². The van der Waals surface area contributed by atoms with Crippen LogP contribution in [0.5, 0.6) is 0 Å². The molecule has 1 aromatic rings. The minimum Gasteiger partial charge on any atom is -0.273 e. The molecule has 0 radical (unpaired) electrons. The maximum atomic E-state index is 11.2. The highest BCUT2D eigenvalue weighted by Crippen LogP contribution is 2.56. The Morgan fingerprint density at radius 2 is 1.93 bits per heavy atom. The molecule has 1 unspecified atom stereocenters. The molecule has 5 nitrogen and oxygen atoms in total. The van der Waals surface area contributed by atoms with Gasteiger partial charge in [0.1, 0.15) is 0 Å². The Balaban J connectivity index is 2.82. The Morgan fingerprint density at radius 3 is 2.33 bits per heavy atom. The minimum absolute atomic E-state index is 0.0463. The van der Waals surface area contributed by atoms with Gasteiger partial charge >= 0.3 is 6.72 Å². The zero-order valence-corrected chi connectivity index (χ0v) is 9.71. The van der Waals surface area contributed by atoms with Crippen LogP contribution in [0.1, 0.15) is 5.56 Å². The molecule has 0 fully saturated rings. The Kier molecular flexibility index (Phi) is 4.11. The summed E-state index contributed by atoms with van der Waals surface area (Å²) in [5.74, 6) is 0. The minimum atomic E-state index is -3.37. The van der Waals surface area contributed by atoms with E-state index in [1.54, 1.807) is 0 Å². The van der Waals surface area contributed by atoms with Crippen molar-refractivity contribution in [2.45, 2.75) is 6.16 Å². The lowest BCUT2D eigenvalue weighted by Crippen LogP contribution is -1.89. The van der Waals surface area contributed by atoms with E-state index < -0.39 is 11.6 Å². The first-order valence-electron chi connectivity index (χ1n) is 3.77. The fraction of sp³-hybridized carbons (Fsp3) is 0.143. The Labute approximate surface area is 95.5 Å². The molecule has 1 aromatic carbocycles. The van der Waals surface area contributed by atoms with Crippen molar-refractivity contribution in [1.29, 1.82) is 0 Å². The van der Waals surface area contributed by atoms with Gasteiger partial charge in [-0.1, -0.05) is 12.1 Å². The smallest absolute Gasteiger partial charge is 0.273 e. The number of nitro groups is 1. The van der Waals surface area contributed by atoms with Crippen molar-refractivity contribution < 1.29 is 13.6 Å². The van der Waals surface area contributed by atoms with Crippen molar-refractivity contribution in [2.24, 2.45) is 0 Å². The van der Waals surface area contributed by atoms with E-state index in [0.717, 1.165) is 0 Å². The van der Waals surface area contributed by atoms with Crippen LogP contribution < -0.4 is 0 Å². The molecule has 15 heavy (non-hydrogen) atoms. The van der Waals surface area contributed by atoms with Crippen molar-refractivity contribution in [3.8, 4) is 0 Å². The van der Waals surface area contributed by atoms with Crippen molar-refractivity contribution in [3.05, 3.63) is 39.9 Å². The maximum Gasteiger partial charge on any atom is 0.310 e. The van der Waals surface area contributed by atoms with Gasteiger partial charge in [0.05, 0.1) is 23.0 Å². The maximum absolute atomic E-state index is 11.2. The number of rotatable bonds is 4. The lowest BCUT2D eigenvalue weighted by molar-refractivity contribution is -0.384. The summed E-state index contributed by atoms with van der Waals surface area (Å²) in [7, 11) is 0. The highest BCUT2D eigenvalue weighted by Gasteiger charge is 2.20. The van der Waals surface area contributed by atoms with Gasteiger partial charge in [-0.2, -0.15) is 0 Å². The number of non-ortho nitro benzene ring substituents is 1. The van der Waals surface area contributed by atoms with Gasteiger partial charge in [0, 0.05) is 12.1 Å². The molecule has 1 rings (SSSR count). The summed E-state index contributed by atoms with van der Waals surface area (Å²) >= 11 is 10.3. The molecule has 0 aromatic heterocycles. The molecule has 0 aliphatic carbocycles. The van der Waals surface area contributed by atoms with Gasteiger partial charge in [0.25, 0.3) is 5.69 Å². The summed E-state index contributed by atoms with van der Waals surface area (Å²) in [6.45, 7) is -3.37. The first-order valence-corrected chi connectivity index (χ1v) is 6.79. The van der Waals surface area contributed by atoms with Crippen molar-refractivity contribution >= 4 is 35.5 Å². The standard InChI is InChI=1S/C7H6Cl2NO4P/c8-14-15(9,13)5-6-1-3-7(4-2-6)10(11)12/h1-4H,5H2. The molecule has 0 saturated carbocycles. The number of nitrogens with zero attached hydrogens (tertiary/aromatic N) is 1. The normalized spacial score (nSPS) is 14.5. The van der Waals surface area contributed by atoms with Crippen LogP contribution >= 0.6 is 29.8 Å². The average molecular weight is 270 g/mol. The summed E-state index contributed by atoms with van der Waals surface area (Å²) < 4.78 is 15.3. The van der Waals surface area contributed by atoms with Gasteiger partial charge in [-0.05, 0) is 16.8 Å². The highest BCUT2D eigenvalue weighted by atomic mass is 35.7. The molecule has 0 aliphatic heterocycles. The monoisotopic (exact) mass is 269 g/mol. The molecule has 1 atom stereocenters. The van der Waals surface area contributed by atoms with E-state index in [1.165, 1.54) is 24.3 Å². The summed E-state index contributed by atoms with van der Waals surface area (Å²) in [4.78, 5) is 9.81. The summed E-state index contributed by atoms with van der Waals surface area (Å²) in [5.41, 5.74) is 0.509. The number of nitro benzene ring substituents is 1. The largest absolute Gasteiger partial charge is 0.310 e. The molecule has 0 bridgehead atoms. The lowest BCUT2D eigenvalue weighted by Gasteiger charge is -2.04. The fourth-order valence-electron chi connectivity index (χ4n) is 0.966. The highest BCUT2D eigenvalue weighted by molar-refractivity contribution is 7.85. The molecule has 0 heterocycles.